The molecule has 0 spiro atoms. The maximum atomic E-state index is 12.6. The summed E-state index contributed by atoms with van der Waals surface area (Å²) in [5.74, 6) is 0. The minimum absolute atomic E-state index is 0.175. The van der Waals surface area contributed by atoms with Crippen LogP contribution in [0.2, 0.25) is 0 Å². The predicted molar refractivity (Wildman–Crippen MR) is 99.3 cm³/mol. The molecular weight excluding hydrogens is 352 g/mol. The average molecular weight is 374 g/mol. The van der Waals surface area contributed by atoms with Crippen LogP contribution in [0.5, 0.6) is 0 Å². The molecule has 0 unspecified atom stereocenters. The van der Waals surface area contributed by atoms with Crippen molar-refractivity contribution in [1.29, 1.82) is 0 Å². The minimum Gasteiger partial charge on any atom is -0.444 e. The molecule has 1 amide bonds. The number of sulfonamides is 1. The maximum Gasteiger partial charge on any atom is 0.411 e. The topological polar surface area (TPSA) is 75.7 Å². The summed E-state index contributed by atoms with van der Waals surface area (Å²) >= 11 is 0. The van der Waals surface area contributed by atoms with Crippen LogP contribution in [0.15, 0.2) is 59.5 Å². The number of nitrogens with zero attached hydrogens (tertiary/aromatic N) is 1. The molecule has 1 fully saturated rings. The van der Waals surface area contributed by atoms with Crippen LogP contribution >= 0.6 is 0 Å². The fraction of sp³-hybridized carbons (Fsp3) is 0.316. The lowest BCUT2D eigenvalue weighted by molar-refractivity contribution is 0.155. The molecule has 1 aliphatic heterocycles. The number of carbonyl (C=O) groups excluding carboxylic acids is 1. The van der Waals surface area contributed by atoms with Crippen LogP contribution in [0.25, 0.3) is 0 Å². The monoisotopic (exact) mass is 374 g/mol. The van der Waals surface area contributed by atoms with E-state index in [-0.39, 0.29) is 11.5 Å². The molecular formula is C19H22N2O4S. The number of amides is 1. The molecule has 26 heavy (non-hydrogen) atoms. The van der Waals surface area contributed by atoms with Crippen molar-refractivity contribution in [2.75, 3.05) is 18.4 Å². The molecule has 1 saturated heterocycles. The highest BCUT2D eigenvalue weighted by Gasteiger charge is 2.25. The molecule has 1 N–H and O–H groups in total. The molecule has 0 saturated carbocycles. The Hall–Kier alpha value is -2.38. The third-order valence-corrected chi connectivity index (χ3v) is 6.18. The minimum atomic E-state index is -3.46. The molecule has 0 aliphatic carbocycles. The number of benzene rings is 2. The van der Waals surface area contributed by atoms with Crippen LogP contribution in [-0.4, -0.2) is 31.9 Å². The van der Waals surface area contributed by atoms with Crippen LogP contribution in [0.1, 0.15) is 24.8 Å². The van der Waals surface area contributed by atoms with Gasteiger partial charge < -0.3 is 4.74 Å². The van der Waals surface area contributed by atoms with Crippen molar-refractivity contribution >= 4 is 21.8 Å². The highest BCUT2D eigenvalue weighted by Crippen LogP contribution is 2.22. The number of hydrogen-bond donors (Lipinski definition) is 1. The predicted octanol–water partition coefficient (Wildman–Crippen LogP) is 3.61. The molecule has 2 aromatic carbocycles. The summed E-state index contributed by atoms with van der Waals surface area (Å²) < 4.78 is 31.9. The van der Waals surface area contributed by atoms with Gasteiger partial charge in [-0.05, 0) is 42.7 Å². The molecule has 7 heteroatoms. The Balaban J connectivity index is 1.58. The molecule has 0 atom stereocenters. The van der Waals surface area contributed by atoms with Gasteiger partial charge in [-0.25, -0.2) is 13.2 Å². The summed E-state index contributed by atoms with van der Waals surface area (Å²) in [6, 6.07) is 15.5. The first kappa shape index (κ1) is 18.4. The van der Waals surface area contributed by atoms with E-state index in [0.717, 1.165) is 24.8 Å². The quantitative estimate of drug-likeness (QED) is 0.867. The molecule has 0 radical (unpaired) electrons. The van der Waals surface area contributed by atoms with Gasteiger partial charge in [-0.2, -0.15) is 4.31 Å². The van der Waals surface area contributed by atoms with E-state index >= 15 is 0 Å². The lowest BCUT2D eigenvalue weighted by Gasteiger charge is -2.25. The zero-order valence-electron chi connectivity index (χ0n) is 14.4. The van der Waals surface area contributed by atoms with Gasteiger partial charge in [0.05, 0.1) is 4.90 Å². The molecule has 138 valence electrons. The second-order valence-corrected chi connectivity index (χ2v) is 8.11. The first-order chi connectivity index (χ1) is 12.6. The second kappa shape index (κ2) is 8.33. The van der Waals surface area contributed by atoms with E-state index in [1.165, 1.54) is 16.4 Å². The van der Waals surface area contributed by atoms with Crippen LogP contribution in [0.3, 0.4) is 0 Å². The van der Waals surface area contributed by atoms with Gasteiger partial charge >= 0.3 is 6.09 Å². The van der Waals surface area contributed by atoms with E-state index in [1.807, 2.05) is 30.3 Å². The Morgan fingerprint density at radius 1 is 0.962 bits per heavy atom. The van der Waals surface area contributed by atoms with Gasteiger partial charge in [0.25, 0.3) is 0 Å². The largest absolute Gasteiger partial charge is 0.444 e. The van der Waals surface area contributed by atoms with E-state index in [4.69, 9.17) is 4.74 Å². The summed E-state index contributed by atoms with van der Waals surface area (Å²) in [5, 5.41) is 2.60. The Labute approximate surface area is 153 Å². The highest BCUT2D eigenvalue weighted by atomic mass is 32.2. The number of anilines is 1. The zero-order valence-corrected chi connectivity index (χ0v) is 15.2. The van der Waals surface area contributed by atoms with Crippen LogP contribution in [0.4, 0.5) is 10.5 Å². The van der Waals surface area contributed by atoms with E-state index in [1.54, 1.807) is 12.1 Å². The fourth-order valence-electron chi connectivity index (χ4n) is 2.84. The summed E-state index contributed by atoms with van der Waals surface area (Å²) in [4.78, 5) is 12.1. The van der Waals surface area contributed by atoms with E-state index in [0.29, 0.717) is 18.8 Å². The lowest BCUT2D eigenvalue weighted by atomic mass is 10.2. The van der Waals surface area contributed by atoms with Crippen molar-refractivity contribution in [3.8, 4) is 0 Å². The van der Waals surface area contributed by atoms with Gasteiger partial charge in [0.2, 0.25) is 10.0 Å². The van der Waals surface area contributed by atoms with Gasteiger partial charge in [-0.3, -0.25) is 5.32 Å². The first-order valence-corrected chi connectivity index (χ1v) is 10.1. The number of carbonyl (C=O) groups is 1. The molecule has 1 heterocycles. The van der Waals surface area contributed by atoms with Gasteiger partial charge in [0.1, 0.15) is 6.61 Å². The number of hydrogen-bond acceptors (Lipinski definition) is 4. The smallest absolute Gasteiger partial charge is 0.411 e. The van der Waals surface area contributed by atoms with Crippen molar-refractivity contribution < 1.29 is 17.9 Å². The average Bonchev–Trinajstić information content (AvgIpc) is 2.68. The highest BCUT2D eigenvalue weighted by molar-refractivity contribution is 7.89. The van der Waals surface area contributed by atoms with E-state index in [2.05, 4.69) is 5.32 Å². The summed E-state index contributed by atoms with van der Waals surface area (Å²) in [6.07, 6.45) is 2.28. The van der Waals surface area contributed by atoms with Crippen LogP contribution < -0.4 is 5.32 Å². The van der Waals surface area contributed by atoms with Crippen molar-refractivity contribution in [2.24, 2.45) is 0 Å². The molecule has 6 nitrogen and oxygen atoms in total. The van der Waals surface area contributed by atoms with Crippen LogP contribution in [-0.2, 0) is 21.4 Å². The Bertz CT molecular complexity index is 830. The van der Waals surface area contributed by atoms with Crippen molar-refractivity contribution in [1.82, 2.24) is 4.31 Å². The molecule has 0 bridgehead atoms. The third-order valence-electron chi connectivity index (χ3n) is 4.27. The van der Waals surface area contributed by atoms with E-state index < -0.39 is 16.1 Å². The first-order valence-electron chi connectivity index (χ1n) is 8.64. The Morgan fingerprint density at radius 2 is 1.62 bits per heavy atom. The van der Waals surface area contributed by atoms with Crippen molar-refractivity contribution in [3.05, 3.63) is 60.2 Å². The van der Waals surface area contributed by atoms with Crippen molar-refractivity contribution in [3.63, 3.8) is 0 Å². The molecule has 0 aromatic heterocycles. The maximum absolute atomic E-state index is 12.6. The lowest BCUT2D eigenvalue weighted by Crippen LogP contribution is -2.35. The van der Waals surface area contributed by atoms with Gasteiger partial charge in [-0.1, -0.05) is 36.8 Å². The normalized spacial score (nSPS) is 15.4. The van der Waals surface area contributed by atoms with E-state index in [9.17, 15) is 13.2 Å². The van der Waals surface area contributed by atoms with Gasteiger partial charge in [0.15, 0.2) is 0 Å². The number of piperidine rings is 1. The van der Waals surface area contributed by atoms with Crippen LogP contribution in [0, 0.1) is 0 Å². The summed E-state index contributed by atoms with van der Waals surface area (Å²) in [5.41, 5.74) is 1.38. The summed E-state index contributed by atoms with van der Waals surface area (Å²) in [6.45, 7) is 1.30. The number of nitrogens with one attached hydrogen (secondary N) is 1. The Kier molecular flexibility index (Phi) is 5.90. The summed E-state index contributed by atoms with van der Waals surface area (Å²) in [7, 11) is -3.46. The zero-order chi connectivity index (χ0) is 18.4. The Morgan fingerprint density at radius 3 is 2.27 bits per heavy atom. The van der Waals surface area contributed by atoms with Gasteiger partial charge in [-0.15, -0.1) is 0 Å². The number of rotatable bonds is 5. The van der Waals surface area contributed by atoms with Gasteiger partial charge in [0, 0.05) is 18.8 Å². The molecule has 1 aliphatic rings. The number of ether oxygens (including phenoxy) is 1. The fourth-order valence-corrected chi connectivity index (χ4v) is 4.36. The molecule has 3 rings (SSSR count). The second-order valence-electron chi connectivity index (χ2n) is 6.18. The standard InChI is InChI=1S/C19H22N2O4S/c22-19(25-15-16-7-3-1-4-8-16)20-17-9-11-18(12-10-17)26(23,24)21-13-5-2-6-14-21/h1,3-4,7-12H,2,5-6,13-15H2,(H,20,22). The third kappa shape index (κ3) is 4.62. The molecule has 2 aromatic rings. The SMILES string of the molecule is O=C(Nc1ccc(S(=O)(=O)N2CCCCC2)cc1)OCc1ccccc1. The van der Waals surface area contributed by atoms with Crippen molar-refractivity contribution in [2.45, 2.75) is 30.8 Å².